The van der Waals surface area contributed by atoms with Crippen molar-refractivity contribution in [2.75, 3.05) is 11.9 Å². The first-order valence-electron chi connectivity index (χ1n) is 13.6. The molecule has 3 aromatic heterocycles. The third kappa shape index (κ3) is 6.41. The molecule has 1 fully saturated rings. The van der Waals surface area contributed by atoms with Crippen LogP contribution in [-0.2, 0) is 12.2 Å². The molecule has 1 aliphatic rings. The third-order valence-electron chi connectivity index (χ3n) is 7.12. The summed E-state index contributed by atoms with van der Waals surface area (Å²) in [6.45, 7) is 3.27. The molecule has 18 heteroatoms. The highest BCUT2D eigenvalue weighted by molar-refractivity contribution is 6.32. The second-order valence-electron chi connectivity index (χ2n) is 10.8. The monoisotopic (exact) mass is 672 g/mol. The van der Waals surface area contributed by atoms with Crippen LogP contribution in [0.25, 0.3) is 5.82 Å². The molecule has 0 atom stereocenters. The fraction of sp³-hybridized carbons (Fsp3) is 0.357. The predicted octanol–water partition coefficient (Wildman–Crippen LogP) is 5.86. The van der Waals surface area contributed by atoms with E-state index < -0.39 is 42.1 Å². The van der Waals surface area contributed by atoms with Gasteiger partial charge in [-0.05, 0) is 68.0 Å². The van der Waals surface area contributed by atoms with Crippen LogP contribution >= 0.6 is 11.6 Å². The lowest BCUT2D eigenvalue weighted by Crippen LogP contribution is -2.50. The highest BCUT2D eigenvalue weighted by atomic mass is 35.5. The van der Waals surface area contributed by atoms with Gasteiger partial charge in [0.2, 0.25) is 0 Å². The van der Waals surface area contributed by atoms with Crippen LogP contribution in [-0.4, -0.2) is 60.5 Å². The fourth-order valence-corrected chi connectivity index (χ4v) is 4.84. The minimum Gasteiger partial charge on any atom is -0.352 e. The summed E-state index contributed by atoms with van der Waals surface area (Å²) in [5.41, 5.74) is -6.45. The van der Waals surface area contributed by atoms with E-state index in [4.69, 9.17) is 11.6 Å². The van der Waals surface area contributed by atoms with E-state index in [1.165, 1.54) is 18.3 Å². The molecule has 5 rings (SSSR count). The number of carbonyl (C=O) groups excluding carboxylic acids is 2. The fourth-order valence-electron chi connectivity index (χ4n) is 4.64. The molecule has 0 unspecified atom stereocenters. The van der Waals surface area contributed by atoms with Crippen molar-refractivity contribution < 1.29 is 40.3 Å². The van der Waals surface area contributed by atoms with Gasteiger partial charge in [0.25, 0.3) is 11.8 Å². The van der Waals surface area contributed by atoms with Gasteiger partial charge < -0.3 is 10.6 Å². The van der Waals surface area contributed by atoms with Gasteiger partial charge in [-0.15, -0.1) is 0 Å². The van der Waals surface area contributed by atoms with Crippen LogP contribution in [0.4, 0.5) is 36.4 Å². The Hall–Kier alpha value is -4.54. The highest BCUT2D eigenvalue weighted by Crippen LogP contribution is 2.52. The summed E-state index contributed by atoms with van der Waals surface area (Å²) in [5, 5.41) is 16.3. The van der Waals surface area contributed by atoms with Crippen LogP contribution in [0.3, 0.4) is 0 Å². The third-order valence-corrected chi connectivity index (χ3v) is 7.41. The molecule has 1 aliphatic carbocycles. The Balaban J connectivity index is 1.50. The lowest BCUT2D eigenvalue weighted by molar-refractivity contribution is -0.350. The summed E-state index contributed by atoms with van der Waals surface area (Å²) < 4.78 is 94.7. The number of hydrogen-bond acceptors (Lipinski definition) is 6. The van der Waals surface area contributed by atoms with Gasteiger partial charge in [0, 0.05) is 12.7 Å². The van der Waals surface area contributed by atoms with Gasteiger partial charge >= 0.3 is 18.0 Å². The summed E-state index contributed by atoms with van der Waals surface area (Å²) in [6.07, 6.45) is -9.39. The van der Waals surface area contributed by atoms with E-state index in [1.54, 1.807) is 26.0 Å². The van der Waals surface area contributed by atoms with Crippen molar-refractivity contribution >= 4 is 29.1 Å². The van der Waals surface area contributed by atoms with Crippen LogP contribution in [0.2, 0.25) is 5.02 Å². The number of aryl methyl sites for hydroxylation is 2. The summed E-state index contributed by atoms with van der Waals surface area (Å²) in [6, 6.07) is 7.44. The van der Waals surface area contributed by atoms with Gasteiger partial charge in [-0.3, -0.25) is 9.59 Å². The molecule has 2 N–H and O–H groups in total. The smallest absolute Gasteiger partial charge is 0.352 e. The van der Waals surface area contributed by atoms with Gasteiger partial charge in [0.1, 0.15) is 17.9 Å². The minimum absolute atomic E-state index is 0.0111. The van der Waals surface area contributed by atoms with E-state index in [2.05, 4.69) is 30.9 Å². The Morgan fingerprint density at radius 2 is 1.70 bits per heavy atom. The second kappa shape index (κ2) is 12.0. The molecule has 10 nitrogen and oxygen atoms in total. The number of carbonyl (C=O) groups is 2. The number of nitrogens with one attached hydrogen (secondary N) is 2. The molecular formula is C28H24ClF7N8O2. The van der Waals surface area contributed by atoms with E-state index in [0.29, 0.717) is 22.8 Å². The number of rotatable bonds is 9. The van der Waals surface area contributed by atoms with Crippen LogP contribution in [0.5, 0.6) is 0 Å². The summed E-state index contributed by atoms with van der Waals surface area (Å²) in [7, 11) is 0. The molecule has 0 saturated heterocycles. The van der Waals surface area contributed by atoms with Gasteiger partial charge in [-0.25, -0.2) is 14.1 Å². The number of halogens is 8. The van der Waals surface area contributed by atoms with Crippen molar-refractivity contribution in [3.63, 3.8) is 0 Å². The zero-order valence-corrected chi connectivity index (χ0v) is 24.7. The largest absolute Gasteiger partial charge is 0.437 e. The number of aromatic nitrogens is 6. The molecule has 1 saturated carbocycles. The van der Waals surface area contributed by atoms with Crippen molar-refractivity contribution in [1.29, 1.82) is 0 Å². The first kappa shape index (κ1) is 32.8. The molecule has 0 spiro atoms. The molecule has 0 radical (unpaired) electrons. The second-order valence-corrected chi connectivity index (χ2v) is 11.2. The minimum atomic E-state index is -6.38. The summed E-state index contributed by atoms with van der Waals surface area (Å²) in [5.74, 6) is -0.866. The lowest BCUT2D eigenvalue weighted by Gasteiger charge is -2.27. The molecule has 0 aliphatic heterocycles. The maximum atomic E-state index is 14.5. The van der Waals surface area contributed by atoms with Crippen molar-refractivity contribution in [1.82, 2.24) is 35.1 Å². The Labute approximate surface area is 260 Å². The average Bonchev–Trinajstić information content (AvgIpc) is 3.52. The van der Waals surface area contributed by atoms with Gasteiger partial charge in [0.15, 0.2) is 5.82 Å². The van der Waals surface area contributed by atoms with E-state index in [1.807, 2.05) is 0 Å². The van der Waals surface area contributed by atoms with Gasteiger partial charge in [-0.1, -0.05) is 17.7 Å². The van der Waals surface area contributed by atoms with Crippen molar-refractivity contribution in [2.45, 2.75) is 51.3 Å². The van der Waals surface area contributed by atoms with E-state index in [-0.39, 0.29) is 39.7 Å². The molecule has 46 heavy (non-hydrogen) atoms. The Morgan fingerprint density at radius 1 is 1.00 bits per heavy atom. The quantitative estimate of drug-likeness (QED) is 0.215. The number of hydrogen-bond donors (Lipinski definition) is 2. The molecule has 2 amide bonds. The maximum Gasteiger partial charge on any atom is 0.437 e. The predicted molar refractivity (Wildman–Crippen MR) is 149 cm³/mol. The number of pyridine rings is 1. The maximum absolute atomic E-state index is 14.5. The van der Waals surface area contributed by atoms with Crippen LogP contribution in [0.15, 0.2) is 42.7 Å². The molecular weight excluding hydrogens is 649 g/mol. The Kier molecular flexibility index (Phi) is 8.57. The zero-order chi connectivity index (χ0) is 33.6. The first-order valence-corrected chi connectivity index (χ1v) is 14.0. The molecule has 4 aromatic rings. The Bertz CT molecular complexity index is 1780. The Morgan fingerprint density at radius 3 is 2.33 bits per heavy atom. The van der Waals surface area contributed by atoms with Gasteiger partial charge in [-0.2, -0.15) is 46.4 Å². The number of benzene rings is 1. The average molecular weight is 673 g/mol. The zero-order valence-electron chi connectivity index (χ0n) is 24.0. The van der Waals surface area contributed by atoms with Crippen LogP contribution in [0, 0.1) is 19.8 Å². The summed E-state index contributed by atoms with van der Waals surface area (Å²) in [4.78, 5) is 31.3. The topological polar surface area (TPSA) is 120 Å². The number of amides is 2. The van der Waals surface area contributed by atoms with Crippen LogP contribution in [0.1, 0.15) is 56.2 Å². The number of alkyl halides is 7. The molecule has 244 valence electrons. The van der Waals surface area contributed by atoms with E-state index >= 15 is 0 Å². The SMILES string of the molecule is Cc1cc(C)c(NC(=O)c2cc(Cn3ncc(C(F)(C(F)(F)F)C(F)(F)F)n3)nn2-c2ncccc2Cl)c(C(=O)NCC2CC2)c1. The van der Waals surface area contributed by atoms with Crippen molar-refractivity contribution in [2.24, 2.45) is 5.92 Å². The molecule has 0 bridgehead atoms. The summed E-state index contributed by atoms with van der Waals surface area (Å²) >= 11 is 6.29. The van der Waals surface area contributed by atoms with E-state index in [0.717, 1.165) is 29.2 Å². The number of nitrogens with zero attached hydrogens (tertiary/aromatic N) is 6. The lowest BCUT2D eigenvalue weighted by atomic mass is 10.0. The molecule has 3 heterocycles. The van der Waals surface area contributed by atoms with E-state index in [9.17, 15) is 40.3 Å². The number of anilines is 1. The first-order chi connectivity index (χ1) is 21.5. The van der Waals surface area contributed by atoms with Crippen molar-refractivity contribution in [3.8, 4) is 5.82 Å². The normalized spacial score (nSPS) is 14.0. The highest BCUT2D eigenvalue weighted by Gasteiger charge is 2.75. The molecule has 1 aromatic carbocycles. The van der Waals surface area contributed by atoms with Crippen molar-refractivity contribution in [3.05, 3.63) is 81.5 Å². The van der Waals surface area contributed by atoms with Gasteiger partial charge in [0.05, 0.1) is 28.2 Å². The van der Waals surface area contributed by atoms with Crippen LogP contribution < -0.4 is 10.6 Å². The standard InChI is InChI=1S/C28H24ClF7N8O2/c1-14-8-15(2)22(18(9-14)24(45)38-11-16-5-6-16)40-25(46)20-10-17(41-44(20)23-19(29)4-3-7-37-23)13-43-39-12-21(42-43)26(30,27(31,32)33)28(34,35)36/h3-4,7-10,12,16H,5-6,11,13H2,1-2H3,(H,38,45)(H,40,46).